The maximum Gasteiger partial charge on any atom is 0.170 e. The first-order chi connectivity index (χ1) is 12.1. The molecule has 0 fully saturated rings. The topological polar surface area (TPSA) is 55.8 Å². The number of fused-ring (bicyclic) bond motifs is 4. The van der Waals surface area contributed by atoms with Crippen molar-refractivity contribution >= 4 is 11.6 Å². The molecule has 2 aliphatic heterocycles. The van der Waals surface area contributed by atoms with E-state index >= 15 is 0 Å². The summed E-state index contributed by atoms with van der Waals surface area (Å²) in [5, 5.41) is 0. The SMILES string of the molecule is COc1cc2c(cc1OC)[C@H]1CC(=O)C3=C(CCCCC3=O)N1CC2. The first-order valence-electron chi connectivity index (χ1n) is 8.95. The van der Waals surface area contributed by atoms with Crippen LogP contribution in [-0.4, -0.2) is 37.2 Å². The first-order valence-corrected chi connectivity index (χ1v) is 8.95. The van der Waals surface area contributed by atoms with Crippen molar-refractivity contribution in [1.82, 2.24) is 4.90 Å². The highest BCUT2D eigenvalue weighted by molar-refractivity contribution is 6.21. The van der Waals surface area contributed by atoms with Gasteiger partial charge in [0.2, 0.25) is 0 Å². The maximum atomic E-state index is 12.8. The van der Waals surface area contributed by atoms with E-state index in [-0.39, 0.29) is 17.6 Å². The zero-order valence-electron chi connectivity index (χ0n) is 14.8. The van der Waals surface area contributed by atoms with Crippen LogP contribution in [0.5, 0.6) is 11.5 Å². The van der Waals surface area contributed by atoms with E-state index in [4.69, 9.17) is 9.47 Å². The van der Waals surface area contributed by atoms with E-state index in [2.05, 4.69) is 4.90 Å². The lowest BCUT2D eigenvalue weighted by Crippen LogP contribution is -2.41. The quantitative estimate of drug-likeness (QED) is 0.774. The Kier molecular flexibility index (Phi) is 4.02. The summed E-state index contributed by atoms with van der Waals surface area (Å²) in [6.45, 7) is 0.840. The Morgan fingerprint density at radius 2 is 1.68 bits per heavy atom. The lowest BCUT2D eigenvalue weighted by molar-refractivity contribution is -0.123. The van der Waals surface area contributed by atoms with Crippen LogP contribution >= 0.6 is 0 Å². The van der Waals surface area contributed by atoms with E-state index in [1.54, 1.807) is 14.2 Å². The molecule has 0 saturated heterocycles. The number of Topliss-reactive ketones (excluding diaryl/α,β-unsaturated/α-hetero) is 2. The lowest BCUT2D eigenvalue weighted by atomic mass is 9.82. The molecule has 0 saturated carbocycles. The summed E-state index contributed by atoms with van der Waals surface area (Å²) in [6.07, 6.45) is 4.42. The van der Waals surface area contributed by atoms with Gasteiger partial charge in [-0.1, -0.05) is 0 Å². The molecule has 3 aliphatic rings. The second kappa shape index (κ2) is 6.21. The highest BCUT2D eigenvalue weighted by Gasteiger charge is 2.40. The van der Waals surface area contributed by atoms with Crippen LogP contribution in [-0.2, 0) is 16.0 Å². The van der Waals surface area contributed by atoms with Crippen molar-refractivity contribution in [3.63, 3.8) is 0 Å². The number of ketones is 2. The third-order valence-electron chi connectivity index (χ3n) is 5.64. The van der Waals surface area contributed by atoms with Crippen molar-refractivity contribution in [1.29, 1.82) is 0 Å². The minimum atomic E-state index is 0.000654. The summed E-state index contributed by atoms with van der Waals surface area (Å²) in [7, 11) is 3.26. The Morgan fingerprint density at radius 3 is 2.44 bits per heavy atom. The average molecular weight is 341 g/mol. The van der Waals surface area contributed by atoms with Crippen molar-refractivity contribution in [2.75, 3.05) is 20.8 Å². The van der Waals surface area contributed by atoms with Gasteiger partial charge in [0.05, 0.1) is 25.8 Å². The maximum absolute atomic E-state index is 12.8. The summed E-state index contributed by atoms with van der Waals surface area (Å²) in [4.78, 5) is 27.5. The number of carbonyl (C=O) groups excluding carboxylic acids is 2. The number of allylic oxidation sites excluding steroid dienone is 2. The van der Waals surface area contributed by atoms with Crippen molar-refractivity contribution in [3.8, 4) is 11.5 Å². The molecule has 5 nitrogen and oxygen atoms in total. The van der Waals surface area contributed by atoms with Crippen molar-refractivity contribution in [2.45, 2.75) is 44.6 Å². The van der Waals surface area contributed by atoms with Gasteiger partial charge in [-0.15, -0.1) is 0 Å². The Hall–Kier alpha value is -2.30. The van der Waals surface area contributed by atoms with Crippen molar-refractivity contribution < 1.29 is 19.1 Å². The number of ether oxygens (including phenoxy) is 2. The third kappa shape index (κ3) is 2.53. The molecular formula is C20H23NO4. The first kappa shape index (κ1) is 16.2. The molecule has 1 aliphatic carbocycles. The smallest absolute Gasteiger partial charge is 0.170 e. The standard InChI is InChI=1S/C20H23NO4/c1-24-18-9-12-7-8-21-14-5-3-4-6-16(22)20(14)17(23)11-15(21)13(12)10-19(18)25-2/h9-10,15H,3-8,11H2,1-2H3/t15-/m1/s1. The molecule has 0 N–H and O–H groups in total. The fourth-order valence-electron chi connectivity index (χ4n) is 4.44. The highest BCUT2D eigenvalue weighted by atomic mass is 16.5. The zero-order chi connectivity index (χ0) is 17.6. The number of nitrogens with zero attached hydrogens (tertiary/aromatic N) is 1. The molecule has 1 aromatic carbocycles. The number of rotatable bonds is 2. The molecule has 0 spiro atoms. The van der Waals surface area contributed by atoms with Gasteiger partial charge in [0, 0.05) is 25.1 Å². The second-order valence-corrected chi connectivity index (χ2v) is 6.94. The number of hydrogen-bond donors (Lipinski definition) is 0. The van der Waals surface area contributed by atoms with Crippen LogP contribution in [0.25, 0.3) is 0 Å². The molecule has 0 radical (unpaired) electrons. The fourth-order valence-corrected chi connectivity index (χ4v) is 4.44. The number of benzene rings is 1. The predicted molar refractivity (Wildman–Crippen MR) is 92.8 cm³/mol. The van der Waals surface area contributed by atoms with Crippen LogP contribution < -0.4 is 9.47 Å². The molecule has 1 aromatic rings. The summed E-state index contributed by atoms with van der Waals surface area (Å²) >= 11 is 0. The number of methoxy groups -OCH3 is 2. The van der Waals surface area contributed by atoms with Crippen LogP contribution in [0.3, 0.4) is 0 Å². The molecule has 0 unspecified atom stereocenters. The Labute approximate surface area is 147 Å². The van der Waals surface area contributed by atoms with Gasteiger partial charge in [-0.3, -0.25) is 9.59 Å². The van der Waals surface area contributed by atoms with Gasteiger partial charge >= 0.3 is 0 Å². The van der Waals surface area contributed by atoms with Gasteiger partial charge in [-0.05, 0) is 48.9 Å². The number of hydrogen-bond acceptors (Lipinski definition) is 5. The summed E-state index contributed by atoms with van der Waals surface area (Å²) < 4.78 is 10.9. The lowest BCUT2D eigenvalue weighted by Gasteiger charge is -2.43. The molecule has 5 heteroatoms. The van der Waals surface area contributed by atoms with Crippen LogP contribution in [0.2, 0.25) is 0 Å². The second-order valence-electron chi connectivity index (χ2n) is 6.94. The summed E-state index contributed by atoms with van der Waals surface area (Å²) in [5.41, 5.74) is 3.79. The van der Waals surface area contributed by atoms with Crippen LogP contribution in [0.4, 0.5) is 0 Å². The molecule has 0 bridgehead atoms. The molecule has 4 rings (SSSR count). The average Bonchev–Trinajstić information content (AvgIpc) is 2.82. The molecule has 0 aromatic heterocycles. The van der Waals surface area contributed by atoms with E-state index in [1.165, 1.54) is 5.56 Å². The molecule has 0 amide bonds. The van der Waals surface area contributed by atoms with Crippen LogP contribution in [0.15, 0.2) is 23.4 Å². The third-order valence-corrected chi connectivity index (χ3v) is 5.64. The van der Waals surface area contributed by atoms with Gasteiger partial charge in [0.1, 0.15) is 0 Å². The molecule has 132 valence electrons. The van der Waals surface area contributed by atoms with Gasteiger partial charge < -0.3 is 14.4 Å². The van der Waals surface area contributed by atoms with Gasteiger partial charge in [-0.25, -0.2) is 0 Å². The minimum Gasteiger partial charge on any atom is -0.493 e. The normalized spacial score (nSPS) is 22.8. The van der Waals surface area contributed by atoms with E-state index in [1.807, 2.05) is 12.1 Å². The van der Waals surface area contributed by atoms with Crippen molar-refractivity contribution in [3.05, 3.63) is 34.5 Å². The number of carbonyl (C=O) groups is 2. The molecule has 25 heavy (non-hydrogen) atoms. The van der Waals surface area contributed by atoms with Crippen molar-refractivity contribution in [2.24, 2.45) is 0 Å². The Bertz CT molecular complexity index is 780. The van der Waals surface area contributed by atoms with E-state index in [9.17, 15) is 9.59 Å². The monoisotopic (exact) mass is 341 g/mol. The van der Waals surface area contributed by atoms with E-state index in [0.717, 1.165) is 49.2 Å². The largest absolute Gasteiger partial charge is 0.493 e. The van der Waals surface area contributed by atoms with Crippen LogP contribution in [0, 0.1) is 0 Å². The van der Waals surface area contributed by atoms with E-state index in [0.29, 0.717) is 24.2 Å². The Morgan fingerprint density at radius 1 is 0.960 bits per heavy atom. The summed E-state index contributed by atoms with van der Waals surface area (Å²) in [5.74, 6) is 1.45. The minimum absolute atomic E-state index is 0.000654. The van der Waals surface area contributed by atoms with Gasteiger partial charge in [0.25, 0.3) is 0 Å². The Balaban J connectivity index is 1.80. The van der Waals surface area contributed by atoms with Crippen LogP contribution in [0.1, 0.15) is 49.3 Å². The van der Waals surface area contributed by atoms with Gasteiger partial charge in [0.15, 0.2) is 23.1 Å². The highest BCUT2D eigenvalue weighted by Crippen LogP contribution is 2.45. The van der Waals surface area contributed by atoms with E-state index < -0.39 is 0 Å². The predicted octanol–water partition coefficient (Wildman–Crippen LogP) is 2.97. The summed E-state index contributed by atoms with van der Waals surface area (Å²) in [6, 6.07) is 4.03. The zero-order valence-corrected chi connectivity index (χ0v) is 14.8. The molecule has 1 atom stereocenters. The molecule has 2 heterocycles. The van der Waals surface area contributed by atoms with Gasteiger partial charge in [-0.2, -0.15) is 0 Å². The molecular weight excluding hydrogens is 318 g/mol. The fraction of sp³-hybridized carbons (Fsp3) is 0.500.